The Morgan fingerprint density at radius 2 is 2.36 bits per heavy atom. The van der Waals surface area contributed by atoms with Crippen LogP contribution in [0, 0.1) is 0 Å². The largest absolute Gasteiger partial charge is 0.463 e. The number of aryl methyl sites for hydroxylation is 1. The number of ether oxygens (including phenoxy) is 1. The first-order valence-electron chi connectivity index (χ1n) is 4.74. The molecule has 2 nitrogen and oxygen atoms in total. The number of hydrogen-bond donors (Lipinski definition) is 0. The molecule has 0 amide bonds. The van der Waals surface area contributed by atoms with E-state index in [1.54, 1.807) is 0 Å². The van der Waals surface area contributed by atoms with Crippen molar-refractivity contribution >= 4 is 12.5 Å². The summed E-state index contributed by atoms with van der Waals surface area (Å²) in [5.74, 6) is 0. The van der Waals surface area contributed by atoms with Gasteiger partial charge in [0.15, 0.2) is 0 Å². The molecule has 0 saturated heterocycles. The van der Waals surface area contributed by atoms with E-state index in [2.05, 4.69) is 24.3 Å². The molecule has 0 spiro atoms. The normalized spacial score (nSPS) is 13.4. The van der Waals surface area contributed by atoms with E-state index in [4.69, 9.17) is 4.74 Å². The molecule has 2 rings (SSSR count). The van der Waals surface area contributed by atoms with Gasteiger partial charge in [-0.3, -0.25) is 4.79 Å². The zero-order chi connectivity index (χ0) is 9.80. The lowest BCUT2D eigenvalue weighted by Crippen LogP contribution is -1.97. The number of rotatable bonds is 3. The topological polar surface area (TPSA) is 26.3 Å². The van der Waals surface area contributed by atoms with Crippen molar-refractivity contribution in [1.82, 2.24) is 0 Å². The van der Waals surface area contributed by atoms with E-state index in [0.717, 1.165) is 18.4 Å². The monoisotopic (exact) mass is 188 g/mol. The Morgan fingerprint density at radius 3 is 3.21 bits per heavy atom. The van der Waals surface area contributed by atoms with Crippen molar-refractivity contribution in [1.29, 1.82) is 0 Å². The van der Waals surface area contributed by atoms with Crippen LogP contribution < -0.4 is 0 Å². The molecule has 14 heavy (non-hydrogen) atoms. The van der Waals surface area contributed by atoms with Gasteiger partial charge in [0.2, 0.25) is 0 Å². The van der Waals surface area contributed by atoms with Crippen LogP contribution in [0.1, 0.15) is 23.1 Å². The Labute approximate surface area is 83.2 Å². The lowest BCUT2D eigenvalue weighted by atomic mass is 9.96. The Hall–Kier alpha value is -1.57. The van der Waals surface area contributed by atoms with E-state index < -0.39 is 0 Å². The molecule has 0 N–H and O–H groups in total. The van der Waals surface area contributed by atoms with Crippen LogP contribution in [0.3, 0.4) is 0 Å². The molecule has 1 aliphatic rings. The number of carbonyl (C=O) groups excluding carboxylic acids is 1. The maximum atomic E-state index is 10.0. The molecular formula is C12H12O2. The average Bonchev–Trinajstić information content (AvgIpc) is 2.26. The van der Waals surface area contributed by atoms with Gasteiger partial charge in [-0.1, -0.05) is 30.4 Å². The van der Waals surface area contributed by atoms with Gasteiger partial charge < -0.3 is 4.74 Å². The first-order valence-corrected chi connectivity index (χ1v) is 4.74. The summed E-state index contributed by atoms with van der Waals surface area (Å²) in [5.41, 5.74) is 3.69. The van der Waals surface area contributed by atoms with Crippen LogP contribution in [0.15, 0.2) is 24.3 Å². The van der Waals surface area contributed by atoms with Crippen LogP contribution in [0.4, 0.5) is 0 Å². The molecule has 1 aromatic rings. The van der Waals surface area contributed by atoms with Crippen LogP contribution in [-0.2, 0) is 22.6 Å². The highest BCUT2D eigenvalue weighted by atomic mass is 16.5. The van der Waals surface area contributed by atoms with Crippen molar-refractivity contribution in [2.24, 2.45) is 0 Å². The summed E-state index contributed by atoms with van der Waals surface area (Å²) in [5, 5.41) is 0. The van der Waals surface area contributed by atoms with Gasteiger partial charge in [0.05, 0.1) is 0 Å². The predicted molar refractivity (Wildman–Crippen MR) is 54.7 cm³/mol. The molecule has 0 aromatic heterocycles. The third kappa shape index (κ3) is 1.84. The maximum Gasteiger partial charge on any atom is 0.293 e. The van der Waals surface area contributed by atoms with Crippen molar-refractivity contribution in [2.75, 3.05) is 0 Å². The summed E-state index contributed by atoms with van der Waals surface area (Å²) in [6.45, 7) is 0.861. The highest BCUT2D eigenvalue weighted by Gasteiger charge is 2.04. The fraction of sp³-hybridized carbons (Fsp3) is 0.250. The molecule has 0 fully saturated rings. The lowest BCUT2D eigenvalue weighted by Gasteiger charge is -2.11. The van der Waals surface area contributed by atoms with E-state index >= 15 is 0 Å². The van der Waals surface area contributed by atoms with Crippen molar-refractivity contribution < 1.29 is 9.53 Å². The fourth-order valence-electron chi connectivity index (χ4n) is 1.71. The van der Waals surface area contributed by atoms with Crippen LogP contribution in [0.2, 0.25) is 0 Å². The van der Waals surface area contributed by atoms with Gasteiger partial charge in [0.25, 0.3) is 6.47 Å². The second kappa shape index (κ2) is 4.09. The minimum atomic E-state index is 0.375. The molecule has 0 atom stereocenters. The molecule has 0 aliphatic heterocycles. The van der Waals surface area contributed by atoms with Gasteiger partial charge in [-0.25, -0.2) is 0 Å². The number of carbonyl (C=O) groups is 1. The summed E-state index contributed by atoms with van der Waals surface area (Å²) >= 11 is 0. The molecule has 0 saturated carbocycles. The molecule has 72 valence electrons. The SMILES string of the molecule is O=COCc1ccc2c(c1)CCC=C2. The van der Waals surface area contributed by atoms with E-state index in [0.29, 0.717) is 13.1 Å². The second-order valence-electron chi connectivity index (χ2n) is 3.38. The Morgan fingerprint density at radius 1 is 1.43 bits per heavy atom. The number of benzene rings is 1. The van der Waals surface area contributed by atoms with Gasteiger partial charge in [-0.2, -0.15) is 0 Å². The first kappa shape index (κ1) is 9.00. The van der Waals surface area contributed by atoms with Gasteiger partial charge in [0, 0.05) is 0 Å². The van der Waals surface area contributed by atoms with Crippen LogP contribution in [0.25, 0.3) is 6.08 Å². The van der Waals surface area contributed by atoms with Gasteiger partial charge in [-0.05, 0) is 29.5 Å². The molecule has 0 heterocycles. The highest BCUT2D eigenvalue weighted by molar-refractivity contribution is 5.57. The molecule has 1 aliphatic carbocycles. The van der Waals surface area contributed by atoms with Crippen molar-refractivity contribution in [2.45, 2.75) is 19.4 Å². The Bertz CT molecular complexity index is 367. The molecule has 0 bridgehead atoms. The van der Waals surface area contributed by atoms with Crippen LogP contribution in [-0.4, -0.2) is 6.47 Å². The first-order chi connectivity index (χ1) is 6.90. The van der Waals surface area contributed by atoms with E-state index in [1.807, 2.05) is 6.07 Å². The summed E-state index contributed by atoms with van der Waals surface area (Å²) < 4.78 is 4.71. The summed E-state index contributed by atoms with van der Waals surface area (Å²) in [4.78, 5) is 10.0. The third-order valence-corrected chi connectivity index (χ3v) is 2.40. The zero-order valence-corrected chi connectivity index (χ0v) is 7.90. The zero-order valence-electron chi connectivity index (χ0n) is 7.90. The highest BCUT2D eigenvalue weighted by Crippen LogP contribution is 2.20. The van der Waals surface area contributed by atoms with Crippen molar-refractivity contribution in [3.05, 3.63) is 41.0 Å². The fourth-order valence-corrected chi connectivity index (χ4v) is 1.71. The molecule has 0 radical (unpaired) electrons. The Balaban J connectivity index is 2.21. The van der Waals surface area contributed by atoms with Crippen LogP contribution in [0.5, 0.6) is 0 Å². The van der Waals surface area contributed by atoms with Crippen molar-refractivity contribution in [3.8, 4) is 0 Å². The van der Waals surface area contributed by atoms with Crippen LogP contribution >= 0.6 is 0 Å². The lowest BCUT2D eigenvalue weighted by molar-refractivity contribution is -0.129. The van der Waals surface area contributed by atoms with E-state index in [1.165, 1.54) is 11.1 Å². The molecule has 1 aromatic carbocycles. The average molecular weight is 188 g/mol. The maximum absolute atomic E-state index is 10.0. The summed E-state index contributed by atoms with van der Waals surface area (Å²) in [7, 11) is 0. The van der Waals surface area contributed by atoms with Gasteiger partial charge >= 0.3 is 0 Å². The number of allylic oxidation sites excluding steroid dienone is 1. The smallest absolute Gasteiger partial charge is 0.293 e. The van der Waals surface area contributed by atoms with Gasteiger partial charge in [0.1, 0.15) is 6.61 Å². The summed E-state index contributed by atoms with van der Waals surface area (Å²) in [6.07, 6.45) is 6.51. The van der Waals surface area contributed by atoms with Gasteiger partial charge in [-0.15, -0.1) is 0 Å². The van der Waals surface area contributed by atoms with Crippen molar-refractivity contribution in [3.63, 3.8) is 0 Å². The minimum absolute atomic E-state index is 0.375. The number of hydrogen-bond acceptors (Lipinski definition) is 2. The Kier molecular flexibility index (Phi) is 2.63. The standard InChI is InChI=1S/C12H12O2/c13-9-14-8-10-5-6-11-3-1-2-4-12(11)7-10/h1,3,5-7,9H,2,4,8H2. The molecular weight excluding hydrogens is 176 g/mol. The molecule has 0 unspecified atom stereocenters. The second-order valence-corrected chi connectivity index (χ2v) is 3.38. The minimum Gasteiger partial charge on any atom is -0.463 e. The summed E-state index contributed by atoms with van der Waals surface area (Å²) in [6, 6.07) is 6.19. The quantitative estimate of drug-likeness (QED) is 0.680. The predicted octanol–water partition coefficient (Wildman–Crippen LogP) is 2.32. The van der Waals surface area contributed by atoms with E-state index in [9.17, 15) is 4.79 Å². The number of fused-ring (bicyclic) bond motifs is 1. The third-order valence-electron chi connectivity index (χ3n) is 2.40. The molecule has 2 heteroatoms. The van der Waals surface area contributed by atoms with E-state index in [-0.39, 0.29) is 0 Å².